The van der Waals surface area contributed by atoms with Crippen molar-refractivity contribution >= 4 is 17.8 Å². The summed E-state index contributed by atoms with van der Waals surface area (Å²) in [7, 11) is 0. The van der Waals surface area contributed by atoms with E-state index < -0.39 is 17.9 Å². The summed E-state index contributed by atoms with van der Waals surface area (Å²) >= 11 is 0. The molecule has 0 heterocycles. The zero-order chi connectivity index (χ0) is 17.1. The van der Waals surface area contributed by atoms with Gasteiger partial charge in [0.05, 0.1) is 19.8 Å². The summed E-state index contributed by atoms with van der Waals surface area (Å²) in [5.41, 5.74) is 6.79. The van der Waals surface area contributed by atoms with Crippen molar-refractivity contribution in [3.8, 4) is 0 Å². The second-order valence-corrected chi connectivity index (χ2v) is 4.99. The van der Waals surface area contributed by atoms with Crippen LogP contribution in [0.4, 0.5) is 0 Å². The van der Waals surface area contributed by atoms with E-state index >= 15 is 0 Å². The van der Waals surface area contributed by atoms with Crippen LogP contribution >= 0.6 is 0 Å². The summed E-state index contributed by atoms with van der Waals surface area (Å²) in [6.45, 7) is 4.46. The normalized spacial score (nSPS) is 11.3. The molecule has 1 aromatic rings. The largest absolute Gasteiger partial charge is 0.465 e. The highest BCUT2D eigenvalue weighted by molar-refractivity contribution is 6.15. The lowest BCUT2D eigenvalue weighted by molar-refractivity contribution is -0.158. The molecule has 0 fully saturated rings. The molecule has 0 atom stereocenters. The van der Waals surface area contributed by atoms with Gasteiger partial charge in [0.1, 0.15) is 5.84 Å². The Hall–Kier alpha value is -2.37. The van der Waals surface area contributed by atoms with Gasteiger partial charge in [0.15, 0.2) is 0 Å². The molecule has 0 aliphatic carbocycles. The van der Waals surface area contributed by atoms with Crippen molar-refractivity contribution in [2.75, 3.05) is 13.2 Å². The lowest BCUT2D eigenvalue weighted by Crippen LogP contribution is -2.39. The SMILES string of the molecule is CCCOC(=O)C(C(=O)OCCC)C(N)=NCc1ccccc1. The number of hydrogen-bond donors (Lipinski definition) is 1. The number of amidine groups is 1. The Labute approximate surface area is 136 Å². The number of esters is 2. The molecule has 6 nitrogen and oxygen atoms in total. The molecule has 6 heteroatoms. The van der Waals surface area contributed by atoms with Gasteiger partial charge in [-0.15, -0.1) is 0 Å². The van der Waals surface area contributed by atoms with Gasteiger partial charge in [-0.05, 0) is 18.4 Å². The van der Waals surface area contributed by atoms with Crippen molar-refractivity contribution < 1.29 is 19.1 Å². The van der Waals surface area contributed by atoms with E-state index in [0.29, 0.717) is 12.8 Å². The zero-order valence-corrected chi connectivity index (χ0v) is 13.7. The molecule has 0 aliphatic heterocycles. The predicted molar refractivity (Wildman–Crippen MR) is 87.8 cm³/mol. The first-order valence-corrected chi connectivity index (χ1v) is 7.77. The number of carbonyl (C=O) groups is 2. The maximum Gasteiger partial charge on any atom is 0.328 e. The molecule has 0 radical (unpaired) electrons. The summed E-state index contributed by atoms with van der Waals surface area (Å²) in [6.07, 6.45) is 1.31. The molecule has 0 aliphatic rings. The number of rotatable bonds is 9. The Morgan fingerprint density at radius 2 is 1.57 bits per heavy atom. The van der Waals surface area contributed by atoms with Gasteiger partial charge in [-0.1, -0.05) is 44.2 Å². The van der Waals surface area contributed by atoms with E-state index in [1.807, 2.05) is 44.2 Å². The maximum atomic E-state index is 12.1. The monoisotopic (exact) mass is 320 g/mol. The Morgan fingerprint density at radius 1 is 1.04 bits per heavy atom. The highest BCUT2D eigenvalue weighted by atomic mass is 16.6. The van der Waals surface area contributed by atoms with Crippen LogP contribution in [0.25, 0.3) is 0 Å². The van der Waals surface area contributed by atoms with Gasteiger partial charge in [-0.3, -0.25) is 14.6 Å². The van der Waals surface area contributed by atoms with Gasteiger partial charge in [-0.2, -0.15) is 0 Å². The molecule has 126 valence electrons. The zero-order valence-electron chi connectivity index (χ0n) is 13.7. The Kier molecular flexibility index (Phi) is 8.42. The minimum atomic E-state index is -1.31. The maximum absolute atomic E-state index is 12.1. The van der Waals surface area contributed by atoms with Gasteiger partial charge >= 0.3 is 11.9 Å². The topological polar surface area (TPSA) is 91.0 Å². The first-order chi connectivity index (χ1) is 11.1. The van der Waals surface area contributed by atoms with Gasteiger partial charge in [0.2, 0.25) is 5.92 Å². The third kappa shape index (κ3) is 6.50. The van der Waals surface area contributed by atoms with E-state index in [4.69, 9.17) is 15.2 Å². The van der Waals surface area contributed by atoms with Gasteiger partial charge < -0.3 is 15.2 Å². The first-order valence-electron chi connectivity index (χ1n) is 7.77. The standard InChI is InChI=1S/C17H24N2O4/c1-3-10-22-16(20)14(17(21)23-11-4-2)15(18)19-12-13-8-6-5-7-9-13/h5-9,14H,3-4,10-12H2,1-2H3,(H2,18,19). The van der Waals surface area contributed by atoms with Crippen LogP contribution in [0.2, 0.25) is 0 Å². The van der Waals surface area contributed by atoms with Gasteiger partial charge in [0.25, 0.3) is 0 Å². The van der Waals surface area contributed by atoms with Crippen LogP contribution < -0.4 is 5.73 Å². The molecular weight excluding hydrogens is 296 g/mol. The summed E-state index contributed by atoms with van der Waals surface area (Å²) in [6, 6.07) is 9.42. The number of carbonyl (C=O) groups excluding carboxylic acids is 2. The number of hydrogen-bond acceptors (Lipinski definition) is 5. The molecule has 0 amide bonds. The third-order valence-electron chi connectivity index (χ3n) is 2.95. The molecule has 0 spiro atoms. The van der Waals surface area contributed by atoms with Crippen molar-refractivity contribution in [1.82, 2.24) is 0 Å². The fourth-order valence-electron chi connectivity index (χ4n) is 1.77. The molecule has 0 aromatic heterocycles. The van der Waals surface area contributed by atoms with Crippen LogP contribution in [0, 0.1) is 5.92 Å². The summed E-state index contributed by atoms with van der Waals surface area (Å²) in [5.74, 6) is -2.84. The molecule has 1 aromatic carbocycles. The van der Waals surface area contributed by atoms with Crippen LogP contribution in [0.5, 0.6) is 0 Å². The molecule has 0 saturated carbocycles. The second-order valence-electron chi connectivity index (χ2n) is 4.99. The van der Waals surface area contributed by atoms with E-state index in [1.165, 1.54) is 0 Å². The van der Waals surface area contributed by atoms with E-state index in [1.54, 1.807) is 0 Å². The number of aliphatic imine (C=N–C) groups is 1. The molecule has 23 heavy (non-hydrogen) atoms. The molecular formula is C17H24N2O4. The summed E-state index contributed by atoms with van der Waals surface area (Å²) in [5, 5.41) is 0. The fourth-order valence-corrected chi connectivity index (χ4v) is 1.77. The Bertz CT molecular complexity index is 509. The van der Waals surface area contributed by atoms with E-state index in [2.05, 4.69) is 4.99 Å². The highest BCUT2D eigenvalue weighted by Crippen LogP contribution is 2.08. The van der Waals surface area contributed by atoms with Gasteiger partial charge in [0, 0.05) is 0 Å². The average molecular weight is 320 g/mol. The highest BCUT2D eigenvalue weighted by Gasteiger charge is 2.33. The van der Waals surface area contributed by atoms with Crippen LogP contribution in [-0.4, -0.2) is 31.0 Å². The Balaban J connectivity index is 2.83. The second kappa shape index (κ2) is 10.4. The molecule has 0 bridgehead atoms. The summed E-state index contributed by atoms with van der Waals surface area (Å²) < 4.78 is 10.1. The smallest absolute Gasteiger partial charge is 0.328 e. The Morgan fingerprint density at radius 3 is 2.04 bits per heavy atom. The summed E-state index contributed by atoms with van der Waals surface area (Å²) in [4.78, 5) is 28.3. The van der Waals surface area contributed by atoms with Crippen molar-refractivity contribution in [2.24, 2.45) is 16.6 Å². The fraction of sp³-hybridized carbons (Fsp3) is 0.471. The number of benzene rings is 1. The van der Waals surface area contributed by atoms with Crippen molar-refractivity contribution in [3.05, 3.63) is 35.9 Å². The van der Waals surface area contributed by atoms with Crippen LogP contribution in [0.1, 0.15) is 32.3 Å². The molecule has 0 saturated heterocycles. The van der Waals surface area contributed by atoms with Crippen LogP contribution in [0.3, 0.4) is 0 Å². The van der Waals surface area contributed by atoms with Crippen molar-refractivity contribution in [3.63, 3.8) is 0 Å². The quantitative estimate of drug-likeness (QED) is 0.325. The van der Waals surface area contributed by atoms with E-state index in [0.717, 1.165) is 5.56 Å². The minimum absolute atomic E-state index is 0.0870. The lowest BCUT2D eigenvalue weighted by atomic mass is 10.1. The molecule has 1 rings (SSSR count). The number of ether oxygens (including phenoxy) is 2. The minimum Gasteiger partial charge on any atom is -0.465 e. The van der Waals surface area contributed by atoms with Crippen LogP contribution in [-0.2, 0) is 25.6 Å². The van der Waals surface area contributed by atoms with Crippen LogP contribution in [0.15, 0.2) is 35.3 Å². The van der Waals surface area contributed by atoms with Gasteiger partial charge in [-0.25, -0.2) is 0 Å². The van der Waals surface area contributed by atoms with E-state index in [9.17, 15) is 9.59 Å². The first kappa shape index (κ1) is 18.7. The lowest BCUT2D eigenvalue weighted by Gasteiger charge is -2.14. The predicted octanol–water partition coefficient (Wildman–Crippen LogP) is 2.07. The van der Waals surface area contributed by atoms with Crippen molar-refractivity contribution in [2.45, 2.75) is 33.2 Å². The molecule has 0 unspecified atom stereocenters. The average Bonchev–Trinajstić information content (AvgIpc) is 2.57. The molecule has 2 N–H and O–H groups in total. The van der Waals surface area contributed by atoms with Crippen molar-refractivity contribution in [1.29, 1.82) is 0 Å². The third-order valence-corrected chi connectivity index (χ3v) is 2.95. The number of nitrogens with two attached hydrogens (primary N) is 1. The number of nitrogens with zero attached hydrogens (tertiary/aromatic N) is 1. The van der Waals surface area contributed by atoms with E-state index in [-0.39, 0.29) is 25.6 Å².